The lowest BCUT2D eigenvalue weighted by Gasteiger charge is -2.34. The Morgan fingerprint density at radius 3 is 1.41 bits per heavy atom. The summed E-state index contributed by atoms with van der Waals surface area (Å²) in [7, 11) is -2.76. The summed E-state index contributed by atoms with van der Waals surface area (Å²) in [6.07, 6.45) is 0. The highest BCUT2D eigenvalue weighted by Crippen LogP contribution is 2.44. The zero-order valence-corrected chi connectivity index (χ0v) is 36.0. The fraction of sp³-hybridized carbons (Fsp3) is 0. The molecule has 2 aromatic heterocycles. The molecule has 0 atom stereocenters. The highest BCUT2D eigenvalue weighted by molar-refractivity contribution is 7.19. The number of aromatic nitrogens is 3. The molecule has 0 saturated carbocycles. The van der Waals surface area contributed by atoms with E-state index in [9.17, 15) is 0 Å². The molecular weight excluding hydrogens is 791 g/mol. The van der Waals surface area contributed by atoms with E-state index in [2.05, 4.69) is 241 Å². The summed E-state index contributed by atoms with van der Waals surface area (Å²) in [5, 5.41) is 11.5. The normalized spacial score (nSPS) is 11.8. The molecule has 0 radical (unpaired) electrons. The van der Waals surface area contributed by atoms with Crippen molar-refractivity contribution in [3.63, 3.8) is 0 Å². The maximum Gasteiger partial charge on any atom is 0.179 e. The lowest BCUT2D eigenvalue weighted by atomic mass is 9.86. The molecule has 4 heteroatoms. The minimum absolute atomic E-state index is 0.820. The Balaban J connectivity index is 1.04. The number of rotatable bonds is 8. The van der Waals surface area contributed by atoms with E-state index >= 15 is 0 Å². The van der Waals surface area contributed by atoms with Crippen LogP contribution in [0.2, 0.25) is 0 Å². The van der Waals surface area contributed by atoms with Crippen LogP contribution in [0.4, 0.5) is 0 Å². The van der Waals surface area contributed by atoms with Gasteiger partial charge in [0.15, 0.2) is 13.9 Å². The summed E-state index contributed by atoms with van der Waals surface area (Å²) in [5.41, 5.74) is 9.66. The monoisotopic (exact) mass is 831 g/mol. The molecule has 0 aliphatic heterocycles. The second-order valence-electron chi connectivity index (χ2n) is 16.5. The van der Waals surface area contributed by atoms with Crippen LogP contribution in [0.5, 0.6) is 0 Å². The van der Waals surface area contributed by atoms with Gasteiger partial charge in [-0.15, -0.1) is 0 Å². The molecule has 0 aliphatic rings. The lowest BCUT2D eigenvalue weighted by molar-refractivity contribution is 1.09. The van der Waals surface area contributed by atoms with Crippen LogP contribution in [0, 0.1) is 0 Å². The average molecular weight is 832 g/mol. The first kappa shape index (κ1) is 37.6. The molecule has 3 nitrogen and oxygen atoms in total. The van der Waals surface area contributed by atoms with Gasteiger partial charge in [-0.3, -0.25) is 4.57 Å². The van der Waals surface area contributed by atoms with Crippen LogP contribution in [0.15, 0.2) is 249 Å². The van der Waals surface area contributed by atoms with Gasteiger partial charge in [-0.1, -0.05) is 212 Å². The van der Waals surface area contributed by atoms with Gasteiger partial charge >= 0.3 is 0 Å². The van der Waals surface area contributed by atoms with E-state index in [1.165, 1.54) is 59.0 Å². The Hall–Kier alpha value is -8.18. The van der Waals surface area contributed by atoms with E-state index < -0.39 is 8.07 Å². The molecule has 0 spiro atoms. The number of hydrogen-bond acceptors (Lipinski definition) is 2. The van der Waals surface area contributed by atoms with E-state index in [0.29, 0.717) is 0 Å². The minimum Gasteiger partial charge on any atom is -0.291 e. The topological polar surface area (TPSA) is 30.7 Å². The number of fused-ring (bicyclic) bond motifs is 4. The van der Waals surface area contributed by atoms with Crippen LogP contribution >= 0.6 is 0 Å². The molecule has 0 aliphatic carbocycles. The zero-order chi connectivity index (χ0) is 42.5. The first-order valence-corrected chi connectivity index (χ1v) is 23.9. The van der Waals surface area contributed by atoms with Crippen LogP contribution in [0.3, 0.4) is 0 Å². The van der Waals surface area contributed by atoms with Gasteiger partial charge in [-0.25, -0.2) is 9.97 Å². The van der Waals surface area contributed by atoms with Crippen molar-refractivity contribution in [1.82, 2.24) is 14.5 Å². The quantitative estimate of drug-likeness (QED) is 0.0867. The molecular formula is C60H41N3Si. The number of imidazole rings is 1. The smallest absolute Gasteiger partial charge is 0.179 e. The second-order valence-corrected chi connectivity index (χ2v) is 20.3. The molecule has 2 heterocycles. The summed E-state index contributed by atoms with van der Waals surface area (Å²) in [4.78, 5) is 10.2. The summed E-state index contributed by atoms with van der Waals surface area (Å²) in [5.74, 6) is 0.820. The van der Waals surface area contributed by atoms with Crippen molar-refractivity contribution in [2.75, 3.05) is 0 Å². The van der Waals surface area contributed by atoms with E-state index in [4.69, 9.17) is 9.97 Å². The summed E-state index contributed by atoms with van der Waals surface area (Å²) in [6, 6.07) is 90.7. The Morgan fingerprint density at radius 2 is 0.812 bits per heavy atom. The molecule has 64 heavy (non-hydrogen) atoms. The molecule has 10 aromatic carbocycles. The third-order valence-corrected chi connectivity index (χ3v) is 17.7. The fourth-order valence-electron chi connectivity index (χ4n) is 10.1. The highest BCUT2D eigenvalue weighted by Gasteiger charge is 2.41. The summed E-state index contributed by atoms with van der Waals surface area (Å²) < 4.78 is 2.24. The fourth-order valence-corrected chi connectivity index (χ4v) is 14.9. The zero-order valence-electron chi connectivity index (χ0n) is 35.0. The van der Waals surface area contributed by atoms with Crippen LogP contribution in [0.1, 0.15) is 0 Å². The predicted molar refractivity (Wildman–Crippen MR) is 271 cm³/mol. The number of nitrogens with zero attached hydrogens (tertiary/aromatic N) is 3. The van der Waals surface area contributed by atoms with Gasteiger partial charge in [0, 0.05) is 11.1 Å². The average Bonchev–Trinajstić information content (AvgIpc) is 3.77. The number of pyridine rings is 1. The Bertz CT molecular complexity index is 3500. The van der Waals surface area contributed by atoms with E-state index in [1.807, 2.05) is 12.1 Å². The first-order chi connectivity index (χ1) is 31.8. The van der Waals surface area contributed by atoms with Crippen LogP contribution in [0.25, 0.3) is 82.9 Å². The van der Waals surface area contributed by atoms with Crippen molar-refractivity contribution in [1.29, 1.82) is 0 Å². The molecule has 0 amide bonds. The molecule has 0 N–H and O–H groups in total. The minimum atomic E-state index is -2.76. The maximum atomic E-state index is 5.14. The van der Waals surface area contributed by atoms with Crippen LogP contribution in [-0.2, 0) is 0 Å². The first-order valence-electron chi connectivity index (χ1n) is 21.9. The molecule has 0 fully saturated rings. The third-order valence-electron chi connectivity index (χ3n) is 12.9. The van der Waals surface area contributed by atoms with E-state index in [1.54, 1.807) is 0 Å². The SMILES string of the molecule is c1ccc([Si](c2ccccc2)(c2ccccc2)c2cccc(-c3c4ccccc4c(-c4ccc(-n5c(-c6ccc7ccccc7n6)nc6ccccc65)cc4)c4ccccc34)c2)cc1. The van der Waals surface area contributed by atoms with Crippen molar-refractivity contribution in [3.8, 4) is 39.5 Å². The van der Waals surface area contributed by atoms with Gasteiger partial charge in [0.25, 0.3) is 0 Å². The third kappa shape index (κ3) is 6.10. The maximum absolute atomic E-state index is 5.14. The van der Waals surface area contributed by atoms with Crippen LogP contribution in [-0.4, -0.2) is 22.6 Å². The number of para-hydroxylation sites is 3. The van der Waals surface area contributed by atoms with Crippen molar-refractivity contribution in [3.05, 3.63) is 249 Å². The van der Waals surface area contributed by atoms with E-state index in [-0.39, 0.29) is 0 Å². The Morgan fingerprint density at radius 1 is 0.328 bits per heavy atom. The van der Waals surface area contributed by atoms with Gasteiger partial charge in [-0.05, 0) is 101 Å². The van der Waals surface area contributed by atoms with Gasteiger partial charge in [0.05, 0.1) is 16.6 Å². The molecule has 0 saturated heterocycles. The van der Waals surface area contributed by atoms with E-state index in [0.717, 1.165) is 44.7 Å². The van der Waals surface area contributed by atoms with Gasteiger partial charge in [0.1, 0.15) is 5.69 Å². The number of benzene rings is 10. The number of hydrogen-bond donors (Lipinski definition) is 0. The Kier molecular flexibility index (Phi) is 9.17. The van der Waals surface area contributed by atoms with Gasteiger partial charge in [0.2, 0.25) is 0 Å². The molecule has 12 rings (SSSR count). The van der Waals surface area contributed by atoms with Crippen molar-refractivity contribution >= 4 is 72.3 Å². The summed E-state index contributed by atoms with van der Waals surface area (Å²) in [6.45, 7) is 0. The van der Waals surface area contributed by atoms with Crippen molar-refractivity contribution < 1.29 is 0 Å². The molecule has 0 unspecified atom stereocenters. The molecule has 12 aromatic rings. The lowest BCUT2D eigenvalue weighted by Crippen LogP contribution is -2.74. The van der Waals surface area contributed by atoms with Crippen molar-refractivity contribution in [2.24, 2.45) is 0 Å². The summed E-state index contributed by atoms with van der Waals surface area (Å²) >= 11 is 0. The van der Waals surface area contributed by atoms with Crippen molar-refractivity contribution in [2.45, 2.75) is 0 Å². The Labute approximate surface area is 373 Å². The van der Waals surface area contributed by atoms with Gasteiger partial charge in [-0.2, -0.15) is 0 Å². The molecule has 0 bridgehead atoms. The second kappa shape index (κ2) is 15.6. The predicted octanol–water partition coefficient (Wildman–Crippen LogP) is 12.3. The molecule has 300 valence electrons. The van der Waals surface area contributed by atoms with Gasteiger partial charge < -0.3 is 0 Å². The largest absolute Gasteiger partial charge is 0.291 e. The van der Waals surface area contributed by atoms with Crippen LogP contribution < -0.4 is 20.7 Å². The highest BCUT2D eigenvalue weighted by atomic mass is 28.3. The standard InChI is InChI=1S/C60H41N3Si/c1-4-21-46(22-5-1)64(47-23-6-2-7-24-47,48-25-8-3-9-26-48)49-27-18-20-44(41-49)59-52-30-13-11-28-50(52)58(51-29-12-14-31-53(51)59)43-35-38-45(39-36-43)63-57-34-17-16-33-55(57)62-60(63)56-40-37-42-19-10-15-32-54(42)61-56/h1-41H.